The molecule has 0 spiro atoms. The quantitative estimate of drug-likeness (QED) is 0.763. The zero-order valence-electron chi connectivity index (χ0n) is 12.7. The zero-order chi connectivity index (χ0) is 15.2. The maximum Gasteiger partial charge on any atom is 0.411 e. The van der Waals surface area contributed by atoms with E-state index < -0.39 is 12.8 Å². The Hall–Kier alpha value is -0.330. The van der Waals surface area contributed by atoms with Crippen LogP contribution < -0.4 is 5.32 Å². The van der Waals surface area contributed by atoms with Crippen molar-refractivity contribution < 1.29 is 17.9 Å². The number of nitrogens with zero attached hydrogens (tertiary/aromatic N) is 1. The first-order chi connectivity index (χ1) is 9.16. The van der Waals surface area contributed by atoms with Crippen LogP contribution >= 0.6 is 0 Å². The van der Waals surface area contributed by atoms with Crippen molar-refractivity contribution in [2.45, 2.75) is 45.3 Å². The van der Waals surface area contributed by atoms with Gasteiger partial charge in [-0.25, -0.2) is 0 Å². The summed E-state index contributed by atoms with van der Waals surface area (Å²) in [6, 6.07) is 0. The van der Waals surface area contributed by atoms with Gasteiger partial charge in [0, 0.05) is 12.1 Å². The molecule has 0 aliphatic carbocycles. The summed E-state index contributed by atoms with van der Waals surface area (Å²) in [5.41, 5.74) is 0.141. The number of hydrogen-bond donors (Lipinski definition) is 1. The highest BCUT2D eigenvalue weighted by atomic mass is 19.4. The van der Waals surface area contributed by atoms with Gasteiger partial charge in [-0.1, -0.05) is 0 Å². The second-order valence-corrected chi connectivity index (χ2v) is 6.58. The lowest BCUT2D eigenvalue weighted by atomic mass is 9.95. The molecule has 0 aromatic heterocycles. The average Bonchev–Trinajstić information content (AvgIpc) is 2.31. The number of ether oxygens (including phenoxy) is 1. The van der Waals surface area contributed by atoms with Gasteiger partial charge in [0.05, 0.1) is 6.61 Å². The highest BCUT2D eigenvalue weighted by Crippen LogP contribution is 2.18. The first-order valence-corrected chi connectivity index (χ1v) is 7.27. The number of rotatable bonds is 6. The van der Waals surface area contributed by atoms with Crippen LogP contribution in [-0.2, 0) is 4.74 Å². The van der Waals surface area contributed by atoms with Gasteiger partial charge in [-0.05, 0) is 59.2 Å². The molecule has 0 radical (unpaired) electrons. The SMILES string of the molecule is CC(C)(C)NCC1CCN(CCOCC(F)(F)F)CC1. The third kappa shape index (κ3) is 8.76. The Morgan fingerprint density at radius 1 is 1.15 bits per heavy atom. The smallest absolute Gasteiger partial charge is 0.371 e. The summed E-state index contributed by atoms with van der Waals surface area (Å²) in [6.07, 6.45) is -2.02. The van der Waals surface area contributed by atoms with Gasteiger partial charge in [0.1, 0.15) is 6.61 Å². The normalized spacial score (nSPS) is 19.5. The maximum atomic E-state index is 11.9. The molecule has 20 heavy (non-hydrogen) atoms. The molecule has 1 heterocycles. The van der Waals surface area contributed by atoms with Crippen molar-refractivity contribution in [1.29, 1.82) is 0 Å². The molecule has 1 fully saturated rings. The summed E-state index contributed by atoms with van der Waals surface area (Å²) in [7, 11) is 0. The van der Waals surface area contributed by atoms with Gasteiger partial charge in [0.15, 0.2) is 0 Å². The number of alkyl halides is 3. The molecule has 1 saturated heterocycles. The molecule has 3 nitrogen and oxygen atoms in total. The topological polar surface area (TPSA) is 24.5 Å². The third-order valence-electron chi connectivity index (χ3n) is 3.45. The van der Waals surface area contributed by atoms with Gasteiger partial charge in [0.2, 0.25) is 0 Å². The van der Waals surface area contributed by atoms with Crippen molar-refractivity contribution in [3.8, 4) is 0 Å². The van der Waals surface area contributed by atoms with Crippen LogP contribution in [0.2, 0.25) is 0 Å². The molecular weight excluding hydrogens is 269 g/mol. The van der Waals surface area contributed by atoms with Crippen molar-refractivity contribution >= 4 is 0 Å². The Labute approximate surface area is 119 Å². The van der Waals surface area contributed by atoms with Gasteiger partial charge >= 0.3 is 6.18 Å². The molecule has 0 aromatic carbocycles. The number of halogens is 3. The molecule has 1 rings (SSSR count). The van der Waals surface area contributed by atoms with E-state index in [1.54, 1.807) is 0 Å². The molecule has 0 bridgehead atoms. The molecule has 0 atom stereocenters. The first-order valence-electron chi connectivity index (χ1n) is 7.27. The second kappa shape index (κ2) is 7.61. The molecule has 1 N–H and O–H groups in total. The van der Waals surface area contributed by atoms with Crippen LogP contribution in [0.1, 0.15) is 33.6 Å². The minimum Gasteiger partial charge on any atom is -0.371 e. The van der Waals surface area contributed by atoms with Crippen LogP contribution in [0, 0.1) is 5.92 Å². The van der Waals surface area contributed by atoms with E-state index >= 15 is 0 Å². The predicted octanol–water partition coefficient (Wildman–Crippen LogP) is 2.67. The Morgan fingerprint density at radius 2 is 1.75 bits per heavy atom. The Kier molecular flexibility index (Phi) is 6.75. The lowest BCUT2D eigenvalue weighted by Gasteiger charge is -2.33. The van der Waals surface area contributed by atoms with Crippen LogP contribution in [0.15, 0.2) is 0 Å². The molecule has 120 valence electrons. The van der Waals surface area contributed by atoms with Gasteiger partial charge in [0.25, 0.3) is 0 Å². The fourth-order valence-corrected chi connectivity index (χ4v) is 2.25. The van der Waals surface area contributed by atoms with E-state index in [0.717, 1.165) is 32.5 Å². The standard InChI is InChI=1S/C14H27F3N2O/c1-13(2,3)18-10-12-4-6-19(7-5-12)8-9-20-11-14(15,16)17/h12,18H,4-11H2,1-3H3. The molecule has 1 aliphatic rings. The molecule has 0 aromatic rings. The summed E-state index contributed by atoms with van der Waals surface area (Å²) in [5.74, 6) is 0.668. The van der Waals surface area contributed by atoms with E-state index in [0.29, 0.717) is 12.5 Å². The molecular formula is C14H27F3N2O. The monoisotopic (exact) mass is 296 g/mol. The lowest BCUT2D eigenvalue weighted by molar-refractivity contribution is -0.174. The van der Waals surface area contributed by atoms with Crippen molar-refractivity contribution in [3.05, 3.63) is 0 Å². The van der Waals surface area contributed by atoms with Crippen molar-refractivity contribution in [1.82, 2.24) is 10.2 Å². The highest BCUT2D eigenvalue weighted by molar-refractivity contribution is 4.77. The van der Waals surface area contributed by atoms with Crippen LogP contribution in [0.5, 0.6) is 0 Å². The fourth-order valence-electron chi connectivity index (χ4n) is 2.25. The van der Waals surface area contributed by atoms with Crippen LogP contribution in [0.4, 0.5) is 13.2 Å². The maximum absolute atomic E-state index is 11.9. The summed E-state index contributed by atoms with van der Waals surface area (Å²) in [4.78, 5) is 2.18. The second-order valence-electron chi connectivity index (χ2n) is 6.58. The third-order valence-corrected chi connectivity index (χ3v) is 3.45. The summed E-state index contributed by atoms with van der Waals surface area (Å²) < 4.78 is 40.4. The van der Waals surface area contributed by atoms with E-state index in [9.17, 15) is 13.2 Å². The minimum absolute atomic E-state index is 0.141. The summed E-state index contributed by atoms with van der Waals surface area (Å²) in [6.45, 7) is 8.99. The first kappa shape index (κ1) is 17.7. The van der Waals surface area contributed by atoms with E-state index in [2.05, 4.69) is 35.7 Å². The summed E-state index contributed by atoms with van der Waals surface area (Å²) >= 11 is 0. The Morgan fingerprint density at radius 3 is 2.25 bits per heavy atom. The summed E-state index contributed by atoms with van der Waals surface area (Å²) in [5, 5.41) is 3.51. The van der Waals surface area contributed by atoms with Crippen LogP contribution in [-0.4, -0.2) is 56.0 Å². The Bertz CT molecular complexity index is 269. The van der Waals surface area contributed by atoms with Gasteiger partial charge < -0.3 is 15.0 Å². The number of hydrogen-bond acceptors (Lipinski definition) is 3. The van der Waals surface area contributed by atoms with E-state index in [-0.39, 0.29) is 12.1 Å². The number of piperidine rings is 1. The molecule has 6 heteroatoms. The molecule has 1 aliphatic heterocycles. The number of likely N-dealkylation sites (tertiary alicyclic amines) is 1. The van der Waals surface area contributed by atoms with Crippen molar-refractivity contribution in [2.75, 3.05) is 39.4 Å². The lowest BCUT2D eigenvalue weighted by Crippen LogP contribution is -2.43. The minimum atomic E-state index is -4.22. The van der Waals surface area contributed by atoms with Gasteiger partial charge in [-0.3, -0.25) is 0 Å². The van der Waals surface area contributed by atoms with Gasteiger partial charge in [-0.2, -0.15) is 13.2 Å². The predicted molar refractivity (Wildman–Crippen MR) is 73.8 cm³/mol. The van der Waals surface area contributed by atoms with Gasteiger partial charge in [-0.15, -0.1) is 0 Å². The van der Waals surface area contributed by atoms with E-state index in [1.807, 2.05) is 0 Å². The van der Waals surface area contributed by atoms with Crippen molar-refractivity contribution in [2.24, 2.45) is 5.92 Å². The molecule has 0 unspecified atom stereocenters. The van der Waals surface area contributed by atoms with Crippen molar-refractivity contribution in [3.63, 3.8) is 0 Å². The number of nitrogens with one attached hydrogen (secondary N) is 1. The van der Waals surface area contributed by atoms with E-state index in [4.69, 9.17) is 0 Å². The molecule has 0 saturated carbocycles. The molecule has 0 amide bonds. The zero-order valence-corrected chi connectivity index (χ0v) is 12.7. The fraction of sp³-hybridized carbons (Fsp3) is 1.00. The van der Waals surface area contributed by atoms with Crippen LogP contribution in [0.3, 0.4) is 0 Å². The Balaban J connectivity index is 2.07. The largest absolute Gasteiger partial charge is 0.411 e. The van der Waals surface area contributed by atoms with Crippen LogP contribution in [0.25, 0.3) is 0 Å². The highest BCUT2D eigenvalue weighted by Gasteiger charge is 2.27. The average molecular weight is 296 g/mol. The van der Waals surface area contributed by atoms with E-state index in [1.165, 1.54) is 0 Å².